The van der Waals surface area contributed by atoms with Gasteiger partial charge in [0.2, 0.25) is 23.6 Å². The number of aromatic nitrogens is 1. The Morgan fingerprint density at radius 3 is 2.05 bits per heavy atom. The molecule has 0 spiro atoms. The van der Waals surface area contributed by atoms with Gasteiger partial charge in [0.25, 0.3) is 0 Å². The third-order valence-corrected chi connectivity index (χ3v) is 7.33. The number of carbonyl (C=O) groups excluding carboxylic acids is 5. The Morgan fingerprint density at radius 2 is 1.41 bits per heavy atom. The van der Waals surface area contributed by atoms with E-state index in [9.17, 15) is 29.1 Å². The Balaban J connectivity index is 2.29. The van der Waals surface area contributed by atoms with Crippen molar-refractivity contribution in [2.45, 2.75) is 88.5 Å². The normalized spacial score (nSPS) is 14.6. The number of benzene rings is 1. The summed E-state index contributed by atoms with van der Waals surface area (Å²) in [4.78, 5) is 67.1. The molecule has 0 saturated carbocycles. The number of nitrogens with two attached hydrogens (primary N) is 1. The number of aldehydes is 1. The third kappa shape index (κ3) is 11.7. The van der Waals surface area contributed by atoms with E-state index in [-0.39, 0.29) is 25.9 Å². The lowest BCUT2D eigenvalue weighted by atomic mass is 10.0. The third-order valence-electron chi connectivity index (χ3n) is 7.33. The molecule has 2 rings (SSSR count). The maximum Gasteiger partial charge on any atom is 0.243 e. The van der Waals surface area contributed by atoms with Crippen molar-refractivity contribution in [3.63, 3.8) is 0 Å². The minimum atomic E-state index is -1.12. The van der Waals surface area contributed by atoms with Crippen molar-refractivity contribution in [2.24, 2.45) is 5.73 Å². The first kappa shape index (κ1) is 36.3. The Morgan fingerprint density at radius 1 is 0.841 bits per heavy atom. The van der Waals surface area contributed by atoms with Crippen molar-refractivity contribution in [3.8, 4) is 0 Å². The molecule has 0 aliphatic carbocycles. The largest absolute Gasteiger partial charge is 0.396 e. The van der Waals surface area contributed by atoms with E-state index >= 15 is 0 Å². The molecule has 0 saturated heterocycles. The Labute approximate surface area is 257 Å². The molecule has 44 heavy (non-hydrogen) atoms. The first-order valence-electron chi connectivity index (χ1n) is 15.3. The van der Waals surface area contributed by atoms with E-state index in [2.05, 4.69) is 37.7 Å². The molecule has 14 nitrogen and oxygen atoms in total. The molecule has 0 radical (unpaired) electrons. The predicted molar refractivity (Wildman–Crippen MR) is 164 cm³/mol. The van der Waals surface area contributed by atoms with Crippen LogP contribution < -0.4 is 38.5 Å². The molecule has 1 aromatic carbocycles. The van der Waals surface area contributed by atoms with E-state index in [1.165, 1.54) is 6.92 Å². The monoisotopic (exact) mass is 618 g/mol. The highest BCUT2D eigenvalue weighted by Crippen LogP contribution is 2.19. The van der Waals surface area contributed by atoms with Crippen LogP contribution in [0.15, 0.2) is 30.5 Å². The highest BCUT2D eigenvalue weighted by atomic mass is 16.3. The zero-order chi connectivity index (χ0) is 32.5. The van der Waals surface area contributed by atoms with Gasteiger partial charge in [0.1, 0.15) is 24.4 Å². The number of hydrogen-bond donors (Lipinski definition) is 9. The number of unbranched alkanes of at least 4 members (excludes halogenated alkanes) is 2. The van der Waals surface area contributed by atoms with Crippen LogP contribution in [0.5, 0.6) is 0 Å². The Kier molecular flexibility index (Phi) is 16.1. The first-order valence-corrected chi connectivity index (χ1v) is 15.3. The minimum absolute atomic E-state index is 0.0894. The summed E-state index contributed by atoms with van der Waals surface area (Å²) in [6.07, 6.45) is 5.89. The second-order valence-corrected chi connectivity index (χ2v) is 11.0. The van der Waals surface area contributed by atoms with Crippen LogP contribution in [-0.2, 0) is 30.4 Å². The molecule has 244 valence electrons. The topological polar surface area (TPSA) is 251 Å². The van der Waals surface area contributed by atoms with Gasteiger partial charge in [0.05, 0.1) is 25.2 Å². The summed E-state index contributed by atoms with van der Waals surface area (Å²) in [7, 11) is 0. The molecule has 1 aromatic heterocycles. The molecular weight excluding hydrogens is 568 g/mol. The molecule has 0 aliphatic heterocycles. The summed E-state index contributed by atoms with van der Waals surface area (Å²) in [6, 6.07) is 2.77. The van der Waals surface area contributed by atoms with Gasteiger partial charge in [0.15, 0.2) is 0 Å². The fourth-order valence-electron chi connectivity index (χ4n) is 4.78. The molecule has 14 N–H and O–H groups in total. The van der Waals surface area contributed by atoms with Crippen molar-refractivity contribution in [1.29, 1.82) is 0 Å². The number of carbonyl (C=O) groups is 5. The fraction of sp³-hybridized carbons (Fsp3) is 0.567. The summed E-state index contributed by atoms with van der Waals surface area (Å²) >= 11 is 0. The number of H-pyrrole nitrogens is 1. The van der Waals surface area contributed by atoms with Crippen LogP contribution in [0, 0.1) is 0 Å². The van der Waals surface area contributed by atoms with Crippen molar-refractivity contribution in [3.05, 3.63) is 36.0 Å². The lowest BCUT2D eigenvalue weighted by Gasteiger charge is -2.26. The molecule has 0 unspecified atom stereocenters. The van der Waals surface area contributed by atoms with E-state index in [0.717, 1.165) is 35.9 Å². The van der Waals surface area contributed by atoms with Crippen molar-refractivity contribution < 1.29 is 40.5 Å². The number of nitrogens with one attached hydrogen (secondary N) is 5. The highest BCUT2D eigenvalue weighted by Gasteiger charge is 2.31. The van der Waals surface area contributed by atoms with Crippen molar-refractivity contribution in [2.75, 3.05) is 19.7 Å². The van der Waals surface area contributed by atoms with Crippen LogP contribution in [0.2, 0.25) is 0 Å². The maximum atomic E-state index is 13.8. The number of aliphatic hydroxyl groups excluding tert-OH is 1. The van der Waals surface area contributed by atoms with Crippen molar-refractivity contribution in [1.82, 2.24) is 26.3 Å². The smallest absolute Gasteiger partial charge is 0.243 e. The van der Waals surface area contributed by atoms with E-state index in [4.69, 9.17) is 5.73 Å². The molecule has 0 aliphatic rings. The Hall–Kier alpha value is -3.85. The fourth-order valence-corrected chi connectivity index (χ4v) is 4.78. The van der Waals surface area contributed by atoms with Gasteiger partial charge < -0.3 is 53.4 Å². The number of hydrogen-bond acceptors (Lipinski definition) is 7. The highest BCUT2D eigenvalue weighted by molar-refractivity contribution is 5.95. The van der Waals surface area contributed by atoms with Gasteiger partial charge in [0, 0.05) is 30.1 Å². The van der Waals surface area contributed by atoms with Gasteiger partial charge in [-0.1, -0.05) is 18.2 Å². The summed E-state index contributed by atoms with van der Waals surface area (Å²) in [6.45, 7) is 2.46. The molecule has 2 aromatic rings. The number of quaternary nitrogens is 2. The molecule has 0 bridgehead atoms. The van der Waals surface area contributed by atoms with Crippen LogP contribution >= 0.6 is 0 Å². The predicted octanol–water partition coefficient (Wildman–Crippen LogP) is -2.60. The second-order valence-electron chi connectivity index (χ2n) is 11.0. The number of aliphatic hydroxyl groups is 1. The average molecular weight is 619 g/mol. The van der Waals surface area contributed by atoms with Gasteiger partial charge in [-0.15, -0.1) is 0 Å². The van der Waals surface area contributed by atoms with Crippen LogP contribution in [-0.4, -0.2) is 89.9 Å². The molecule has 0 fully saturated rings. The molecule has 1 heterocycles. The van der Waals surface area contributed by atoms with E-state index < -0.39 is 53.8 Å². The molecule has 5 atom stereocenters. The summed E-state index contributed by atoms with van der Waals surface area (Å²) in [5.74, 6) is -2.32. The number of amides is 4. The number of fused-ring (bicyclic) bond motifs is 1. The van der Waals surface area contributed by atoms with Crippen molar-refractivity contribution >= 4 is 40.8 Å². The van der Waals surface area contributed by atoms with E-state index in [1.807, 2.05) is 24.3 Å². The number of aromatic amines is 1. The molecular formula is C30H50N8O6+2. The van der Waals surface area contributed by atoms with Gasteiger partial charge >= 0.3 is 0 Å². The van der Waals surface area contributed by atoms with Gasteiger partial charge in [-0.3, -0.25) is 19.2 Å². The molecule has 14 heteroatoms. The minimum Gasteiger partial charge on any atom is -0.396 e. The molecule has 4 amide bonds. The number of rotatable bonds is 21. The van der Waals surface area contributed by atoms with Crippen LogP contribution in [0.1, 0.15) is 57.4 Å². The van der Waals surface area contributed by atoms with Gasteiger partial charge in [-0.25, -0.2) is 0 Å². The Bertz CT molecular complexity index is 1220. The SMILES string of the molecule is C[C@@H](C=O)NC(=O)[C@H](CCO)NC(=O)[C@H](CCCC[NH3+])NC(=O)[C@H](Cc1c[nH]c2ccccc12)NC(=O)[C@@H](N)CCCC[NH3+]. The summed E-state index contributed by atoms with van der Waals surface area (Å²) in [5.41, 5.74) is 15.4. The standard InChI is InChI=1S/C30H48N8O6/c1-19(18-40)35-28(42)25(12-15-39)37-29(43)24(11-5-7-14-32)36-30(44)26(38-27(41)22(33)9-4-6-13-31)16-20-17-34-23-10-3-2-8-21(20)23/h2-3,8,10,17-19,22,24-26,34,39H,4-7,9,11-16,31-33H2,1H3,(H,35,42)(H,36,44)(H,37,43)(H,38,41)/p+2/t19-,22-,24-,25-,26-/m0/s1. The van der Waals surface area contributed by atoms with Crippen LogP contribution in [0.25, 0.3) is 10.9 Å². The number of para-hydroxylation sites is 1. The zero-order valence-electron chi connectivity index (χ0n) is 25.6. The average Bonchev–Trinajstić information content (AvgIpc) is 3.42. The lowest BCUT2D eigenvalue weighted by molar-refractivity contribution is -0.368. The second kappa shape index (κ2) is 19.4. The quantitative estimate of drug-likeness (QED) is 0.0532. The van der Waals surface area contributed by atoms with Crippen LogP contribution in [0.3, 0.4) is 0 Å². The van der Waals surface area contributed by atoms with E-state index in [0.29, 0.717) is 32.1 Å². The summed E-state index contributed by atoms with van der Waals surface area (Å²) in [5, 5.41) is 21.0. The van der Waals surface area contributed by atoms with E-state index in [1.54, 1.807) is 6.20 Å². The zero-order valence-corrected chi connectivity index (χ0v) is 25.6. The summed E-state index contributed by atoms with van der Waals surface area (Å²) < 4.78 is 0. The maximum absolute atomic E-state index is 13.8. The van der Waals surface area contributed by atoms with Gasteiger partial charge in [-0.05, 0) is 63.5 Å². The first-order chi connectivity index (χ1) is 21.1. The lowest BCUT2D eigenvalue weighted by Crippen LogP contribution is -2.58. The van der Waals surface area contributed by atoms with Crippen LogP contribution in [0.4, 0.5) is 0 Å². The van der Waals surface area contributed by atoms with Gasteiger partial charge in [-0.2, -0.15) is 0 Å².